The van der Waals surface area contributed by atoms with Gasteiger partial charge in [0, 0.05) is 19.7 Å². The Balaban J connectivity index is 0.00000125. The van der Waals surface area contributed by atoms with Crippen LogP contribution in [0.4, 0.5) is 36.3 Å². The van der Waals surface area contributed by atoms with Crippen LogP contribution in [0.25, 0.3) is 0 Å². The van der Waals surface area contributed by atoms with Gasteiger partial charge in [0.1, 0.15) is 0 Å². The van der Waals surface area contributed by atoms with Crippen LogP contribution in [-0.4, -0.2) is 40.3 Å². The maximum atomic E-state index is 13.1. The van der Waals surface area contributed by atoms with Crippen LogP contribution < -0.4 is 10.8 Å². The van der Waals surface area contributed by atoms with Crippen LogP contribution in [0, 0.1) is 2.88 Å². The van der Waals surface area contributed by atoms with Crippen molar-refractivity contribution in [3.63, 3.8) is 0 Å². The fourth-order valence-corrected chi connectivity index (χ4v) is 3.68. The van der Waals surface area contributed by atoms with Crippen molar-refractivity contribution in [3.8, 4) is 0 Å². The molecule has 1 aromatic carbocycles. The van der Waals surface area contributed by atoms with E-state index in [9.17, 15) is 31.1 Å². The van der Waals surface area contributed by atoms with Gasteiger partial charge in [0.15, 0.2) is 5.69 Å². The monoisotopic (exact) mass is 646 g/mol. The first-order valence-corrected chi connectivity index (χ1v) is 10.8. The number of benzene rings is 1. The van der Waals surface area contributed by atoms with Crippen molar-refractivity contribution in [2.45, 2.75) is 12.4 Å². The van der Waals surface area contributed by atoms with Crippen LogP contribution in [0.1, 0.15) is 21.6 Å². The molecular weight excluding hydrogens is 633 g/mol. The molecule has 1 aromatic heterocycles. The molecule has 0 atom stereocenters. The third-order valence-electron chi connectivity index (χ3n) is 3.17. The van der Waals surface area contributed by atoms with Gasteiger partial charge in [-0.2, -0.15) is 26.3 Å². The third kappa shape index (κ3) is 8.78. The molecular formula is C16H13F6IN4O3S3. The zero-order valence-electron chi connectivity index (χ0n) is 16.4. The second kappa shape index (κ2) is 11.5. The van der Waals surface area contributed by atoms with Gasteiger partial charge >= 0.3 is 12.4 Å². The number of hydrogen-bond donors (Lipinski definition) is 2. The standard InChI is InChI=1S/C15H10F6IN3O2S2.CH3NOS/c1-24(2)13(28)27-25(12-23-9(10(22)29-12)15(19,20)21)11(26)7-4-3-5-8(6-7)14(16,17)18;2-1(3)4/h3-6H,1-2H3;(H3,2,3,4). The summed E-state index contributed by atoms with van der Waals surface area (Å²) < 4.78 is 77.7. The summed E-state index contributed by atoms with van der Waals surface area (Å²) >= 11 is 9.87. The van der Waals surface area contributed by atoms with Crippen molar-refractivity contribution in [2.75, 3.05) is 19.2 Å². The minimum absolute atomic E-state index is 0.286. The number of thiazole rings is 1. The molecule has 2 aromatic rings. The van der Waals surface area contributed by atoms with Crippen LogP contribution in [0.5, 0.6) is 0 Å². The molecule has 0 saturated heterocycles. The van der Waals surface area contributed by atoms with Crippen molar-refractivity contribution < 1.29 is 40.8 Å². The number of rotatable bonds is 2. The first-order chi connectivity index (χ1) is 14.9. The Morgan fingerprint density at radius 3 is 2.15 bits per heavy atom. The lowest BCUT2D eigenvalue weighted by Gasteiger charge is -2.23. The number of carbonyl (C=O) groups excluding carboxylic acids is 2. The zero-order chi connectivity index (χ0) is 25.7. The number of carbonyl (C=O) groups is 2. The predicted molar refractivity (Wildman–Crippen MR) is 124 cm³/mol. The van der Waals surface area contributed by atoms with E-state index in [0.717, 1.165) is 18.2 Å². The molecule has 33 heavy (non-hydrogen) atoms. The molecule has 0 bridgehead atoms. The smallest absolute Gasteiger partial charge is 0.361 e. The Bertz CT molecular complexity index is 1030. The lowest BCUT2D eigenvalue weighted by molar-refractivity contribution is -0.141. The van der Waals surface area contributed by atoms with Crippen molar-refractivity contribution in [3.05, 3.63) is 44.0 Å². The second-order valence-electron chi connectivity index (χ2n) is 5.88. The Labute approximate surface area is 211 Å². The van der Waals surface area contributed by atoms with Crippen LogP contribution >= 0.6 is 58.8 Å². The minimum Gasteiger partial charge on any atom is -0.361 e. The molecule has 1 heterocycles. The molecule has 182 valence electrons. The third-order valence-corrected chi connectivity index (χ3v) is 5.60. The summed E-state index contributed by atoms with van der Waals surface area (Å²) in [7, 11) is 2.89. The summed E-state index contributed by atoms with van der Waals surface area (Å²) in [4.78, 5) is 31.7. The fourth-order valence-electron chi connectivity index (χ4n) is 1.83. The van der Waals surface area contributed by atoms with Crippen LogP contribution in [0.3, 0.4) is 0 Å². The SMILES string of the molecule is CN(C)C(=S)ON(C(=O)c1cccc(C(F)(F)F)c1)c1nc(C(F)(F)F)c(I)s1.NC(=O)S. The Morgan fingerprint density at radius 2 is 1.73 bits per heavy atom. The number of thiol groups is 1. The van der Waals surface area contributed by atoms with E-state index in [1.807, 2.05) is 0 Å². The molecule has 2 N–H and O–H groups in total. The van der Waals surface area contributed by atoms with E-state index in [2.05, 4.69) is 23.3 Å². The summed E-state index contributed by atoms with van der Waals surface area (Å²) in [6.45, 7) is 0. The fraction of sp³-hybridized carbons (Fsp3) is 0.250. The molecule has 0 aliphatic heterocycles. The van der Waals surface area contributed by atoms with Crippen LogP contribution in [0.15, 0.2) is 24.3 Å². The van der Waals surface area contributed by atoms with Crippen LogP contribution in [-0.2, 0) is 17.2 Å². The van der Waals surface area contributed by atoms with E-state index in [-0.39, 0.29) is 8.06 Å². The van der Waals surface area contributed by atoms with Gasteiger partial charge in [0.05, 0.1) is 8.45 Å². The molecule has 17 heteroatoms. The van der Waals surface area contributed by atoms with E-state index < -0.39 is 45.5 Å². The average molecular weight is 646 g/mol. The molecule has 0 unspecified atom stereocenters. The number of hydrogen-bond acceptors (Lipinski definition) is 6. The highest BCUT2D eigenvalue weighted by molar-refractivity contribution is 14.1. The molecule has 0 aliphatic rings. The minimum atomic E-state index is -4.79. The normalized spacial score (nSPS) is 11.2. The van der Waals surface area contributed by atoms with Gasteiger partial charge in [0.25, 0.3) is 16.3 Å². The van der Waals surface area contributed by atoms with Crippen molar-refractivity contribution >= 4 is 80.2 Å². The van der Waals surface area contributed by atoms with Gasteiger partial charge in [-0.25, -0.2) is 4.98 Å². The number of halogens is 7. The second-order valence-corrected chi connectivity index (χ2v) is 9.46. The average Bonchev–Trinajstić information content (AvgIpc) is 3.06. The summed E-state index contributed by atoms with van der Waals surface area (Å²) in [6.07, 6.45) is -9.51. The molecule has 7 nitrogen and oxygen atoms in total. The summed E-state index contributed by atoms with van der Waals surface area (Å²) in [5.41, 5.74) is 1.51. The first-order valence-electron chi connectivity index (χ1n) is 8.08. The highest BCUT2D eigenvalue weighted by atomic mass is 127. The van der Waals surface area contributed by atoms with Gasteiger partial charge in [-0.1, -0.05) is 30.0 Å². The highest BCUT2D eigenvalue weighted by Crippen LogP contribution is 2.38. The highest BCUT2D eigenvalue weighted by Gasteiger charge is 2.39. The number of aromatic nitrogens is 1. The van der Waals surface area contributed by atoms with Crippen molar-refractivity contribution in [2.24, 2.45) is 5.73 Å². The maximum Gasteiger partial charge on any atom is 0.435 e. The number of amides is 2. The number of thiocarbonyl (C=S) groups is 1. The zero-order valence-corrected chi connectivity index (χ0v) is 21.0. The summed E-state index contributed by atoms with van der Waals surface area (Å²) in [5.74, 6) is -1.17. The number of nitrogens with two attached hydrogens (primary N) is 1. The van der Waals surface area contributed by atoms with Gasteiger partial charge in [0.2, 0.25) is 5.13 Å². The summed E-state index contributed by atoms with van der Waals surface area (Å²) in [5, 5.41) is -1.14. The number of nitrogens with zero attached hydrogens (tertiary/aromatic N) is 3. The summed E-state index contributed by atoms with van der Waals surface area (Å²) in [6, 6.07) is 3.36. The van der Waals surface area contributed by atoms with Gasteiger partial charge in [-0.05, 0) is 53.0 Å². The van der Waals surface area contributed by atoms with E-state index in [1.165, 1.54) is 41.6 Å². The molecule has 0 saturated carbocycles. The molecule has 0 radical (unpaired) electrons. The first kappa shape index (κ1) is 29.2. The predicted octanol–water partition coefficient (Wildman–Crippen LogP) is 5.21. The quantitative estimate of drug-likeness (QED) is 0.153. The van der Waals surface area contributed by atoms with E-state index in [1.54, 1.807) is 0 Å². The topological polar surface area (TPSA) is 88.8 Å². The number of hydroxylamine groups is 1. The number of anilines is 1. The van der Waals surface area contributed by atoms with Gasteiger partial charge < -0.3 is 15.5 Å². The van der Waals surface area contributed by atoms with E-state index in [0.29, 0.717) is 22.5 Å². The van der Waals surface area contributed by atoms with Crippen molar-refractivity contribution in [1.82, 2.24) is 9.88 Å². The number of primary amides is 1. The Kier molecular flexibility index (Phi) is 10.2. The number of alkyl halides is 6. The molecule has 0 aliphatic carbocycles. The lowest BCUT2D eigenvalue weighted by atomic mass is 10.1. The Morgan fingerprint density at radius 1 is 1.18 bits per heavy atom. The molecule has 2 amide bonds. The molecule has 0 spiro atoms. The largest absolute Gasteiger partial charge is 0.435 e. The van der Waals surface area contributed by atoms with Crippen molar-refractivity contribution in [1.29, 1.82) is 0 Å². The maximum absolute atomic E-state index is 13.1. The Hall–Kier alpha value is -1.86. The van der Waals surface area contributed by atoms with Gasteiger partial charge in [-0.3, -0.25) is 9.59 Å². The lowest BCUT2D eigenvalue weighted by Crippen LogP contribution is -2.37. The van der Waals surface area contributed by atoms with E-state index >= 15 is 0 Å². The molecule has 2 rings (SSSR count). The molecule has 0 fully saturated rings. The van der Waals surface area contributed by atoms with E-state index in [4.69, 9.17) is 21.8 Å². The van der Waals surface area contributed by atoms with Crippen LogP contribution in [0.2, 0.25) is 0 Å². The van der Waals surface area contributed by atoms with Gasteiger partial charge in [-0.15, -0.1) is 5.06 Å².